The summed E-state index contributed by atoms with van der Waals surface area (Å²) in [4.78, 5) is 29.4. The summed E-state index contributed by atoms with van der Waals surface area (Å²) < 4.78 is 6.97. The summed E-state index contributed by atoms with van der Waals surface area (Å²) >= 11 is 0. The summed E-state index contributed by atoms with van der Waals surface area (Å²) in [6.45, 7) is 2.57. The molecule has 0 saturated carbocycles. The second kappa shape index (κ2) is 8.91. The van der Waals surface area contributed by atoms with E-state index in [9.17, 15) is 9.59 Å². The maximum atomic E-state index is 13.0. The molecule has 8 nitrogen and oxygen atoms in total. The Balaban J connectivity index is 1.40. The molecule has 1 aromatic heterocycles. The van der Waals surface area contributed by atoms with E-state index in [4.69, 9.17) is 4.74 Å². The lowest BCUT2D eigenvalue weighted by atomic mass is 10.2. The zero-order valence-electron chi connectivity index (χ0n) is 17.6. The lowest BCUT2D eigenvalue weighted by molar-refractivity contribution is 0.0739. The molecule has 3 aromatic rings. The van der Waals surface area contributed by atoms with Crippen molar-refractivity contribution in [3.63, 3.8) is 0 Å². The molecule has 2 heterocycles. The average Bonchev–Trinajstić information content (AvgIpc) is 3.19. The summed E-state index contributed by atoms with van der Waals surface area (Å²) in [7, 11) is 3.37. The number of hydrogen-bond acceptors (Lipinski definition) is 5. The van der Waals surface area contributed by atoms with Gasteiger partial charge >= 0.3 is 0 Å². The quantitative estimate of drug-likeness (QED) is 0.688. The van der Waals surface area contributed by atoms with E-state index in [-0.39, 0.29) is 11.8 Å². The highest BCUT2D eigenvalue weighted by Gasteiger charge is 2.26. The van der Waals surface area contributed by atoms with Crippen LogP contribution in [0.15, 0.2) is 60.7 Å². The van der Waals surface area contributed by atoms with E-state index in [0.29, 0.717) is 43.3 Å². The molecule has 1 N–H and O–H groups in total. The molecule has 0 bridgehead atoms. The fourth-order valence-electron chi connectivity index (χ4n) is 3.67. The highest BCUT2D eigenvalue weighted by molar-refractivity contribution is 6.04. The van der Waals surface area contributed by atoms with Crippen LogP contribution >= 0.6 is 0 Å². The van der Waals surface area contributed by atoms with Gasteiger partial charge in [0.1, 0.15) is 11.6 Å². The van der Waals surface area contributed by atoms with E-state index in [1.54, 1.807) is 49.4 Å². The lowest BCUT2D eigenvalue weighted by Gasteiger charge is -2.36. The third kappa shape index (κ3) is 4.37. The summed E-state index contributed by atoms with van der Waals surface area (Å²) in [6.07, 6.45) is 0. The van der Waals surface area contributed by atoms with Gasteiger partial charge in [0, 0.05) is 44.9 Å². The molecule has 0 atom stereocenters. The zero-order chi connectivity index (χ0) is 21.8. The number of carbonyl (C=O) groups is 2. The van der Waals surface area contributed by atoms with Crippen LogP contribution in [0.5, 0.6) is 5.75 Å². The highest BCUT2D eigenvalue weighted by atomic mass is 16.5. The van der Waals surface area contributed by atoms with Crippen molar-refractivity contribution >= 4 is 23.3 Å². The van der Waals surface area contributed by atoms with E-state index in [2.05, 4.69) is 15.3 Å². The smallest absolute Gasteiger partial charge is 0.274 e. The first-order valence-electron chi connectivity index (χ1n) is 10.1. The monoisotopic (exact) mass is 419 g/mol. The lowest BCUT2D eigenvalue weighted by Crippen LogP contribution is -2.49. The molecule has 0 unspecified atom stereocenters. The minimum atomic E-state index is -0.243. The third-order valence-electron chi connectivity index (χ3n) is 5.37. The molecule has 2 aromatic carbocycles. The number of amides is 2. The molecule has 31 heavy (non-hydrogen) atoms. The van der Waals surface area contributed by atoms with Crippen molar-refractivity contribution in [2.75, 3.05) is 43.5 Å². The molecule has 0 radical (unpaired) electrons. The number of hydrogen-bond donors (Lipinski definition) is 1. The maximum Gasteiger partial charge on any atom is 0.274 e. The summed E-state index contributed by atoms with van der Waals surface area (Å²) in [6, 6.07) is 18.4. The molecule has 1 aliphatic rings. The fourth-order valence-corrected chi connectivity index (χ4v) is 3.67. The second-order valence-corrected chi connectivity index (χ2v) is 7.31. The Kier molecular flexibility index (Phi) is 5.88. The van der Waals surface area contributed by atoms with Gasteiger partial charge in [-0.25, -0.2) is 0 Å². The molecular weight excluding hydrogens is 394 g/mol. The van der Waals surface area contributed by atoms with E-state index in [1.165, 1.54) is 4.68 Å². The Morgan fingerprint density at radius 3 is 2.35 bits per heavy atom. The predicted molar refractivity (Wildman–Crippen MR) is 119 cm³/mol. The van der Waals surface area contributed by atoms with Gasteiger partial charge in [-0.15, -0.1) is 0 Å². The molecular formula is C23H25N5O3. The van der Waals surface area contributed by atoms with E-state index >= 15 is 0 Å². The molecule has 0 aliphatic carbocycles. The van der Waals surface area contributed by atoms with Crippen molar-refractivity contribution in [1.82, 2.24) is 14.7 Å². The molecule has 2 amide bonds. The number of piperazine rings is 1. The van der Waals surface area contributed by atoms with Gasteiger partial charge in [0.2, 0.25) is 0 Å². The Labute approximate surface area is 181 Å². The number of aromatic nitrogens is 2. The molecule has 160 valence electrons. The number of benzene rings is 2. The number of rotatable bonds is 5. The summed E-state index contributed by atoms with van der Waals surface area (Å²) in [5.74, 6) is 0.916. The number of nitrogens with one attached hydrogen (secondary N) is 1. The Morgan fingerprint density at radius 1 is 0.968 bits per heavy atom. The minimum Gasteiger partial charge on any atom is -0.495 e. The van der Waals surface area contributed by atoms with Crippen LogP contribution in [0.1, 0.15) is 20.8 Å². The van der Waals surface area contributed by atoms with Crippen molar-refractivity contribution < 1.29 is 14.3 Å². The van der Waals surface area contributed by atoms with Crippen molar-refractivity contribution in [3.05, 3.63) is 71.9 Å². The van der Waals surface area contributed by atoms with Crippen LogP contribution in [0.25, 0.3) is 0 Å². The van der Waals surface area contributed by atoms with Crippen LogP contribution in [0.4, 0.5) is 11.5 Å². The van der Waals surface area contributed by atoms with Gasteiger partial charge in [0.25, 0.3) is 11.8 Å². The minimum absolute atomic E-state index is 0.143. The number of aryl methyl sites for hydroxylation is 1. The first-order valence-corrected chi connectivity index (χ1v) is 10.1. The standard InChI is InChI=1S/C23H25N5O3/c1-26-21(24-22(29)17-8-4-3-5-9-17)16-18(25-26)23(30)28-14-12-27(13-15-28)19-10-6-7-11-20(19)31-2/h3-11,16H,12-15H2,1-2H3,(H,24,29). The number of carbonyl (C=O) groups excluding carboxylic acids is 2. The van der Waals surface area contributed by atoms with Gasteiger partial charge in [0.15, 0.2) is 5.69 Å². The maximum absolute atomic E-state index is 13.0. The van der Waals surface area contributed by atoms with Gasteiger partial charge in [-0.05, 0) is 24.3 Å². The number of anilines is 2. The van der Waals surface area contributed by atoms with Crippen molar-refractivity contribution in [1.29, 1.82) is 0 Å². The summed E-state index contributed by atoms with van der Waals surface area (Å²) in [5, 5.41) is 7.13. The van der Waals surface area contributed by atoms with Gasteiger partial charge in [0.05, 0.1) is 12.8 Å². The SMILES string of the molecule is COc1ccccc1N1CCN(C(=O)c2cc(NC(=O)c3ccccc3)n(C)n2)CC1. The van der Waals surface area contributed by atoms with E-state index in [0.717, 1.165) is 11.4 Å². The first-order chi connectivity index (χ1) is 15.1. The van der Waals surface area contributed by atoms with Gasteiger partial charge in [-0.3, -0.25) is 14.3 Å². The normalized spacial score (nSPS) is 13.7. The number of para-hydroxylation sites is 2. The van der Waals surface area contributed by atoms with Gasteiger partial charge in [-0.1, -0.05) is 30.3 Å². The van der Waals surface area contributed by atoms with Crippen LogP contribution in [-0.4, -0.2) is 59.8 Å². The highest BCUT2D eigenvalue weighted by Crippen LogP contribution is 2.28. The molecule has 0 spiro atoms. The van der Waals surface area contributed by atoms with Crippen molar-refractivity contribution in [3.8, 4) is 5.75 Å². The van der Waals surface area contributed by atoms with E-state index < -0.39 is 0 Å². The van der Waals surface area contributed by atoms with Crippen LogP contribution in [0.3, 0.4) is 0 Å². The molecule has 1 aliphatic heterocycles. The second-order valence-electron chi connectivity index (χ2n) is 7.31. The average molecular weight is 419 g/mol. The van der Waals surface area contributed by atoms with Crippen LogP contribution < -0.4 is 15.0 Å². The van der Waals surface area contributed by atoms with Gasteiger partial charge < -0.3 is 19.9 Å². The Bertz CT molecular complexity index is 1070. The number of ether oxygens (including phenoxy) is 1. The van der Waals surface area contributed by atoms with Crippen molar-refractivity contribution in [2.24, 2.45) is 7.05 Å². The summed E-state index contributed by atoms with van der Waals surface area (Å²) in [5.41, 5.74) is 1.89. The van der Waals surface area contributed by atoms with E-state index in [1.807, 2.05) is 30.3 Å². The molecule has 4 rings (SSSR count). The molecule has 8 heteroatoms. The predicted octanol–water partition coefficient (Wildman–Crippen LogP) is 2.64. The third-order valence-corrected chi connectivity index (χ3v) is 5.37. The number of nitrogens with zero attached hydrogens (tertiary/aromatic N) is 4. The van der Waals surface area contributed by atoms with Crippen LogP contribution in [-0.2, 0) is 7.05 Å². The van der Waals surface area contributed by atoms with Gasteiger partial charge in [-0.2, -0.15) is 5.10 Å². The largest absolute Gasteiger partial charge is 0.495 e. The Morgan fingerprint density at radius 2 is 1.65 bits per heavy atom. The topological polar surface area (TPSA) is 79.7 Å². The van der Waals surface area contributed by atoms with Crippen LogP contribution in [0, 0.1) is 0 Å². The first kappa shape index (κ1) is 20.5. The molecule has 1 saturated heterocycles. The van der Waals surface area contributed by atoms with Crippen molar-refractivity contribution in [2.45, 2.75) is 0 Å². The van der Waals surface area contributed by atoms with Crippen LogP contribution in [0.2, 0.25) is 0 Å². The Hall–Kier alpha value is -3.81. The number of methoxy groups -OCH3 is 1. The zero-order valence-corrected chi connectivity index (χ0v) is 17.6. The fraction of sp³-hybridized carbons (Fsp3) is 0.261. The molecule has 1 fully saturated rings.